The fraction of sp³-hybridized carbons (Fsp3) is 0.727. The Morgan fingerprint density at radius 3 is 2.81 bits per heavy atom. The first kappa shape index (κ1) is 12.1. The van der Waals surface area contributed by atoms with Crippen LogP contribution >= 0.6 is 15.9 Å². The molecule has 0 aromatic carbocycles. The minimum absolute atomic E-state index is 0.292. The normalized spacial score (nSPS) is 23.8. The first-order valence-corrected chi connectivity index (χ1v) is 6.29. The van der Waals surface area contributed by atoms with Gasteiger partial charge in [0.05, 0.1) is 17.7 Å². The predicted molar refractivity (Wildman–Crippen MR) is 64.0 cm³/mol. The Kier molecular flexibility index (Phi) is 3.66. The minimum atomic E-state index is 0.292. The predicted octanol–water partition coefficient (Wildman–Crippen LogP) is 1.64. The van der Waals surface area contributed by atoms with Crippen LogP contribution in [-0.2, 0) is 18.4 Å². The number of halogens is 1. The van der Waals surface area contributed by atoms with Crippen molar-refractivity contribution < 1.29 is 9.84 Å². The molecule has 1 heterocycles. The molecule has 5 heteroatoms. The molecular weight excluding hydrogens is 272 g/mol. The minimum Gasteiger partial charge on any atom is -0.396 e. The van der Waals surface area contributed by atoms with Gasteiger partial charge in [0.2, 0.25) is 0 Å². The number of nitrogens with zero attached hydrogens (tertiary/aromatic N) is 2. The van der Waals surface area contributed by atoms with Gasteiger partial charge in [0.15, 0.2) is 0 Å². The molecule has 1 aliphatic rings. The van der Waals surface area contributed by atoms with E-state index in [1.165, 1.54) is 0 Å². The highest BCUT2D eigenvalue weighted by atomic mass is 79.9. The maximum Gasteiger partial charge on any atom is 0.103 e. The second-order valence-corrected chi connectivity index (χ2v) is 5.22. The summed E-state index contributed by atoms with van der Waals surface area (Å²) in [6.07, 6.45) is 1.10. The van der Waals surface area contributed by atoms with E-state index < -0.39 is 0 Å². The molecule has 1 aromatic heterocycles. The molecule has 2 atom stereocenters. The lowest BCUT2D eigenvalue weighted by Gasteiger charge is -2.01. The zero-order valence-electron chi connectivity index (χ0n) is 9.61. The molecular formula is C11H17BrN2O2. The highest BCUT2D eigenvalue weighted by molar-refractivity contribution is 9.10. The summed E-state index contributed by atoms with van der Waals surface area (Å²) in [5, 5.41) is 13.3. The molecule has 0 radical (unpaired) electrons. The van der Waals surface area contributed by atoms with Gasteiger partial charge in [0.25, 0.3) is 0 Å². The van der Waals surface area contributed by atoms with Crippen LogP contribution in [0.15, 0.2) is 4.47 Å². The lowest BCUT2D eigenvalue weighted by atomic mass is 10.3. The molecule has 2 unspecified atom stereocenters. The van der Waals surface area contributed by atoms with Crippen molar-refractivity contribution in [2.45, 2.75) is 20.0 Å². The zero-order valence-corrected chi connectivity index (χ0v) is 11.2. The summed E-state index contributed by atoms with van der Waals surface area (Å²) in [6.45, 7) is 3.58. The highest BCUT2D eigenvalue weighted by Crippen LogP contribution is 2.38. The van der Waals surface area contributed by atoms with E-state index in [1.807, 2.05) is 18.7 Å². The van der Waals surface area contributed by atoms with E-state index in [1.54, 1.807) is 0 Å². The van der Waals surface area contributed by atoms with Gasteiger partial charge in [-0.05, 0) is 41.1 Å². The molecule has 1 aliphatic carbocycles. The van der Waals surface area contributed by atoms with E-state index in [0.717, 1.165) is 28.9 Å². The van der Waals surface area contributed by atoms with Crippen molar-refractivity contribution in [3.63, 3.8) is 0 Å². The molecule has 1 aromatic rings. The summed E-state index contributed by atoms with van der Waals surface area (Å²) < 4.78 is 8.48. The first-order valence-electron chi connectivity index (χ1n) is 5.50. The van der Waals surface area contributed by atoms with Gasteiger partial charge in [-0.3, -0.25) is 4.68 Å². The third kappa shape index (κ3) is 2.47. The number of hydrogen-bond acceptors (Lipinski definition) is 3. The second kappa shape index (κ2) is 4.85. The fourth-order valence-corrected chi connectivity index (χ4v) is 2.24. The topological polar surface area (TPSA) is 47.3 Å². The average molecular weight is 289 g/mol. The van der Waals surface area contributed by atoms with Crippen molar-refractivity contribution in [2.75, 3.05) is 13.2 Å². The smallest absolute Gasteiger partial charge is 0.103 e. The standard InChI is InChI=1S/C11H17BrN2O2/c1-7-11(12)10(13-14(7)2)6-16-5-9-3-8(9)4-15/h8-9,15H,3-6H2,1-2H3. The SMILES string of the molecule is Cc1c(Br)c(COCC2CC2CO)nn1C. The fourth-order valence-electron chi connectivity index (χ4n) is 1.79. The van der Waals surface area contributed by atoms with E-state index in [-0.39, 0.29) is 0 Å². The maximum atomic E-state index is 8.90. The van der Waals surface area contributed by atoms with Crippen molar-refractivity contribution in [3.8, 4) is 0 Å². The Bertz CT molecular complexity index is 378. The molecule has 1 N–H and O–H groups in total. The Morgan fingerprint density at radius 2 is 2.31 bits per heavy atom. The number of aryl methyl sites for hydroxylation is 1. The van der Waals surface area contributed by atoms with E-state index in [9.17, 15) is 0 Å². The van der Waals surface area contributed by atoms with Gasteiger partial charge >= 0.3 is 0 Å². The Hall–Kier alpha value is -0.390. The van der Waals surface area contributed by atoms with Crippen LogP contribution in [0.1, 0.15) is 17.8 Å². The van der Waals surface area contributed by atoms with Gasteiger partial charge in [-0.15, -0.1) is 0 Å². The zero-order chi connectivity index (χ0) is 11.7. The van der Waals surface area contributed by atoms with Crippen LogP contribution in [0.25, 0.3) is 0 Å². The van der Waals surface area contributed by atoms with Gasteiger partial charge in [-0.2, -0.15) is 5.10 Å². The first-order chi connectivity index (χ1) is 7.63. The molecule has 16 heavy (non-hydrogen) atoms. The molecule has 90 valence electrons. The van der Waals surface area contributed by atoms with E-state index in [0.29, 0.717) is 25.0 Å². The monoisotopic (exact) mass is 288 g/mol. The number of aliphatic hydroxyl groups excluding tert-OH is 1. The Morgan fingerprint density at radius 1 is 1.56 bits per heavy atom. The molecule has 0 aliphatic heterocycles. The van der Waals surface area contributed by atoms with Gasteiger partial charge in [-0.25, -0.2) is 0 Å². The van der Waals surface area contributed by atoms with Crippen LogP contribution < -0.4 is 0 Å². The quantitative estimate of drug-likeness (QED) is 0.896. The molecule has 0 bridgehead atoms. The molecule has 1 saturated carbocycles. The summed E-state index contributed by atoms with van der Waals surface area (Å²) >= 11 is 3.51. The van der Waals surface area contributed by atoms with Crippen molar-refractivity contribution in [2.24, 2.45) is 18.9 Å². The van der Waals surface area contributed by atoms with Crippen LogP contribution in [0.2, 0.25) is 0 Å². The largest absolute Gasteiger partial charge is 0.396 e. The number of aromatic nitrogens is 2. The summed E-state index contributed by atoms with van der Waals surface area (Å²) in [7, 11) is 1.92. The van der Waals surface area contributed by atoms with Crippen molar-refractivity contribution in [1.82, 2.24) is 9.78 Å². The average Bonchev–Trinajstić information content (AvgIpc) is 2.99. The Labute approximate surface area is 104 Å². The van der Waals surface area contributed by atoms with Crippen molar-refractivity contribution in [1.29, 1.82) is 0 Å². The lowest BCUT2D eigenvalue weighted by Crippen LogP contribution is -2.01. The third-order valence-corrected chi connectivity index (χ3v) is 4.23. The maximum absolute atomic E-state index is 8.90. The second-order valence-electron chi connectivity index (χ2n) is 4.42. The van der Waals surface area contributed by atoms with Gasteiger partial charge in [0.1, 0.15) is 5.69 Å². The lowest BCUT2D eigenvalue weighted by molar-refractivity contribution is 0.101. The van der Waals surface area contributed by atoms with Crippen LogP contribution in [0.5, 0.6) is 0 Å². The van der Waals surface area contributed by atoms with Gasteiger partial charge < -0.3 is 9.84 Å². The van der Waals surface area contributed by atoms with Gasteiger partial charge in [-0.1, -0.05) is 0 Å². The molecule has 1 fully saturated rings. The van der Waals surface area contributed by atoms with Crippen molar-refractivity contribution in [3.05, 3.63) is 15.9 Å². The van der Waals surface area contributed by atoms with Crippen LogP contribution in [-0.4, -0.2) is 28.1 Å². The summed E-state index contributed by atoms with van der Waals surface area (Å²) in [4.78, 5) is 0. The van der Waals surface area contributed by atoms with Crippen molar-refractivity contribution >= 4 is 15.9 Å². The third-order valence-electron chi connectivity index (χ3n) is 3.20. The van der Waals surface area contributed by atoms with E-state index in [2.05, 4.69) is 21.0 Å². The number of rotatable bonds is 5. The summed E-state index contributed by atoms with van der Waals surface area (Å²) in [6, 6.07) is 0. The Balaban J connectivity index is 1.79. The summed E-state index contributed by atoms with van der Waals surface area (Å²) in [5.74, 6) is 1.02. The molecule has 2 rings (SSSR count). The molecule has 0 spiro atoms. The number of ether oxygens (including phenoxy) is 1. The van der Waals surface area contributed by atoms with Crippen LogP contribution in [0.4, 0.5) is 0 Å². The number of hydrogen-bond donors (Lipinski definition) is 1. The number of aliphatic hydroxyl groups is 1. The van der Waals surface area contributed by atoms with Crippen LogP contribution in [0.3, 0.4) is 0 Å². The molecule has 0 saturated heterocycles. The van der Waals surface area contributed by atoms with Crippen LogP contribution in [0, 0.1) is 18.8 Å². The van der Waals surface area contributed by atoms with Gasteiger partial charge in [0, 0.05) is 19.3 Å². The highest BCUT2D eigenvalue weighted by Gasteiger charge is 2.36. The molecule has 0 amide bonds. The van der Waals surface area contributed by atoms with E-state index >= 15 is 0 Å². The molecule has 4 nitrogen and oxygen atoms in total. The summed E-state index contributed by atoms with van der Waals surface area (Å²) in [5.41, 5.74) is 2.06. The van der Waals surface area contributed by atoms with E-state index in [4.69, 9.17) is 9.84 Å².